The molecule has 20 heavy (non-hydrogen) atoms. The fraction of sp³-hybridized carbons (Fsp3) is 0.625. The SMILES string of the molecule is CCCCOCCOC(c1cccc(Cl)c1)C(N)CC. The minimum atomic E-state index is -0.131. The highest BCUT2D eigenvalue weighted by molar-refractivity contribution is 6.30. The lowest BCUT2D eigenvalue weighted by Crippen LogP contribution is -2.30. The highest BCUT2D eigenvalue weighted by Crippen LogP contribution is 2.24. The molecule has 0 aliphatic rings. The van der Waals surface area contributed by atoms with E-state index in [1.807, 2.05) is 24.3 Å². The summed E-state index contributed by atoms with van der Waals surface area (Å²) in [5, 5.41) is 0.707. The van der Waals surface area contributed by atoms with E-state index in [2.05, 4.69) is 13.8 Å². The number of benzene rings is 1. The molecule has 0 radical (unpaired) electrons. The highest BCUT2D eigenvalue weighted by Gasteiger charge is 2.19. The molecule has 3 nitrogen and oxygen atoms in total. The second-order valence-electron chi connectivity index (χ2n) is 4.88. The number of hydrogen-bond acceptors (Lipinski definition) is 3. The second-order valence-corrected chi connectivity index (χ2v) is 5.32. The van der Waals surface area contributed by atoms with Crippen LogP contribution in [0.15, 0.2) is 24.3 Å². The number of rotatable bonds is 10. The van der Waals surface area contributed by atoms with E-state index in [1.54, 1.807) is 0 Å². The third-order valence-corrected chi connectivity index (χ3v) is 3.44. The molecule has 114 valence electrons. The molecule has 0 aliphatic heterocycles. The van der Waals surface area contributed by atoms with Gasteiger partial charge in [-0.25, -0.2) is 0 Å². The van der Waals surface area contributed by atoms with Crippen molar-refractivity contribution in [2.45, 2.75) is 45.3 Å². The van der Waals surface area contributed by atoms with Gasteiger partial charge in [-0.1, -0.05) is 44.0 Å². The quantitative estimate of drug-likeness (QED) is 0.665. The molecule has 0 fully saturated rings. The summed E-state index contributed by atoms with van der Waals surface area (Å²) in [7, 11) is 0. The molecule has 0 amide bonds. The van der Waals surface area contributed by atoms with Crippen molar-refractivity contribution in [3.8, 4) is 0 Å². The molecule has 0 heterocycles. The summed E-state index contributed by atoms with van der Waals surface area (Å²) in [6, 6.07) is 7.66. The molecule has 0 saturated carbocycles. The second kappa shape index (κ2) is 10.2. The summed E-state index contributed by atoms with van der Waals surface area (Å²) in [6.07, 6.45) is 2.96. The minimum Gasteiger partial charge on any atom is -0.379 e. The van der Waals surface area contributed by atoms with Gasteiger partial charge in [-0.05, 0) is 30.5 Å². The molecule has 0 bridgehead atoms. The maximum absolute atomic E-state index is 6.15. The zero-order valence-corrected chi connectivity index (χ0v) is 13.2. The Bertz CT molecular complexity index is 373. The minimum absolute atomic E-state index is 0.0379. The monoisotopic (exact) mass is 299 g/mol. The predicted molar refractivity (Wildman–Crippen MR) is 84.1 cm³/mol. The first kappa shape index (κ1) is 17.4. The first-order valence-corrected chi connectivity index (χ1v) is 7.77. The van der Waals surface area contributed by atoms with E-state index >= 15 is 0 Å². The van der Waals surface area contributed by atoms with Gasteiger partial charge >= 0.3 is 0 Å². The molecule has 2 unspecified atom stereocenters. The van der Waals surface area contributed by atoms with Gasteiger partial charge in [0.05, 0.1) is 19.3 Å². The number of hydrogen-bond donors (Lipinski definition) is 1. The van der Waals surface area contributed by atoms with Crippen LogP contribution in [-0.2, 0) is 9.47 Å². The maximum atomic E-state index is 6.15. The maximum Gasteiger partial charge on any atom is 0.0977 e. The lowest BCUT2D eigenvalue weighted by molar-refractivity contribution is -0.00820. The molecule has 1 rings (SSSR count). The number of unbranched alkanes of at least 4 members (excludes halogenated alkanes) is 1. The molecule has 0 aliphatic carbocycles. The molecule has 0 aromatic heterocycles. The Morgan fingerprint density at radius 2 is 2.00 bits per heavy atom. The van der Waals surface area contributed by atoms with Crippen molar-refractivity contribution in [3.63, 3.8) is 0 Å². The van der Waals surface area contributed by atoms with Crippen molar-refractivity contribution in [2.75, 3.05) is 19.8 Å². The molecule has 0 spiro atoms. The number of nitrogens with two attached hydrogens (primary N) is 1. The Morgan fingerprint density at radius 1 is 1.20 bits per heavy atom. The molecule has 4 heteroatoms. The molecular formula is C16H26ClNO2. The van der Waals surface area contributed by atoms with Crippen LogP contribution < -0.4 is 5.73 Å². The summed E-state index contributed by atoms with van der Waals surface area (Å²) in [5.74, 6) is 0. The average Bonchev–Trinajstić information content (AvgIpc) is 2.46. The summed E-state index contributed by atoms with van der Waals surface area (Å²) < 4.78 is 11.4. The van der Waals surface area contributed by atoms with Crippen molar-refractivity contribution >= 4 is 11.6 Å². The Hall–Kier alpha value is -0.610. The largest absolute Gasteiger partial charge is 0.379 e. The Labute approximate surface area is 127 Å². The highest BCUT2D eigenvalue weighted by atomic mass is 35.5. The van der Waals surface area contributed by atoms with E-state index in [1.165, 1.54) is 0 Å². The predicted octanol–water partition coefficient (Wildman–Crippen LogP) is 3.95. The van der Waals surface area contributed by atoms with Gasteiger partial charge in [-0.3, -0.25) is 0 Å². The van der Waals surface area contributed by atoms with Crippen LogP contribution in [0.5, 0.6) is 0 Å². The molecule has 2 N–H and O–H groups in total. The zero-order valence-electron chi connectivity index (χ0n) is 12.5. The summed E-state index contributed by atoms with van der Waals surface area (Å²) in [5.41, 5.74) is 7.18. The van der Waals surface area contributed by atoms with E-state index in [-0.39, 0.29) is 12.1 Å². The van der Waals surface area contributed by atoms with Crippen molar-refractivity contribution < 1.29 is 9.47 Å². The van der Waals surface area contributed by atoms with Gasteiger partial charge in [0, 0.05) is 17.7 Å². The smallest absolute Gasteiger partial charge is 0.0977 e. The summed E-state index contributed by atoms with van der Waals surface area (Å²) in [4.78, 5) is 0. The van der Waals surface area contributed by atoms with Gasteiger partial charge in [-0.2, -0.15) is 0 Å². The van der Waals surface area contributed by atoms with Crippen LogP contribution in [-0.4, -0.2) is 25.9 Å². The molecule has 0 saturated heterocycles. The zero-order chi connectivity index (χ0) is 14.8. The lowest BCUT2D eigenvalue weighted by atomic mass is 10.0. The van der Waals surface area contributed by atoms with E-state index in [0.717, 1.165) is 31.4 Å². The van der Waals surface area contributed by atoms with Gasteiger partial charge < -0.3 is 15.2 Å². The Kier molecular flexibility index (Phi) is 8.86. The van der Waals surface area contributed by atoms with Gasteiger partial charge in [-0.15, -0.1) is 0 Å². The standard InChI is InChI=1S/C16H26ClNO2/c1-3-5-9-19-10-11-20-16(15(18)4-2)13-7-6-8-14(17)12-13/h6-8,12,15-16H,3-5,9-11,18H2,1-2H3. The third-order valence-electron chi connectivity index (χ3n) is 3.20. The number of ether oxygens (including phenoxy) is 2. The normalized spacial score (nSPS) is 14.2. The van der Waals surface area contributed by atoms with Gasteiger partial charge in [0.15, 0.2) is 0 Å². The van der Waals surface area contributed by atoms with Crippen molar-refractivity contribution in [1.29, 1.82) is 0 Å². The van der Waals surface area contributed by atoms with Crippen molar-refractivity contribution in [2.24, 2.45) is 5.73 Å². The fourth-order valence-corrected chi connectivity index (χ4v) is 2.15. The fourth-order valence-electron chi connectivity index (χ4n) is 1.95. The van der Waals surface area contributed by atoms with Crippen LogP contribution in [0.3, 0.4) is 0 Å². The van der Waals surface area contributed by atoms with Gasteiger partial charge in [0.2, 0.25) is 0 Å². The van der Waals surface area contributed by atoms with Gasteiger partial charge in [0.25, 0.3) is 0 Å². The van der Waals surface area contributed by atoms with Crippen LogP contribution in [0.4, 0.5) is 0 Å². The lowest BCUT2D eigenvalue weighted by Gasteiger charge is -2.24. The third kappa shape index (κ3) is 6.23. The first-order chi connectivity index (χ1) is 9.69. The van der Waals surface area contributed by atoms with Crippen LogP contribution in [0.1, 0.15) is 44.8 Å². The molecular weight excluding hydrogens is 274 g/mol. The Balaban J connectivity index is 2.49. The molecule has 1 aromatic carbocycles. The van der Waals surface area contributed by atoms with E-state index in [0.29, 0.717) is 18.2 Å². The van der Waals surface area contributed by atoms with Crippen molar-refractivity contribution in [1.82, 2.24) is 0 Å². The Morgan fingerprint density at radius 3 is 2.65 bits per heavy atom. The van der Waals surface area contributed by atoms with E-state index < -0.39 is 0 Å². The van der Waals surface area contributed by atoms with E-state index in [9.17, 15) is 0 Å². The topological polar surface area (TPSA) is 44.5 Å². The van der Waals surface area contributed by atoms with Gasteiger partial charge in [0.1, 0.15) is 0 Å². The van der Waals surface area contributed by atoms with Crippen molar-refractivity contribution in [3.05, 3.63) is 34.9 Å². The summed E-state index contributed by atoms with van der Waals surface area (Å²) >= 11 is 6.03. The molecule has 2 atom stereocenters. The van der Waals surface area contributed by atoms with Crippen LogP contribution in [0.25, 0.3) is 0 Å². The van der Waals surface area contributed by atoms with Crippen LogP contribution in [0, 0.1) is 0 Å². The number of halogens is 1. The van der Waals surface area contributed by atoms with Crippen LogP contribution in [0.2, 0.25) is 5.02 Å². The average molecular weight is 300 g/mol. The summed E-state index contributed by atoms with van der Waals surface area (Å²) in [6.45, 7) is 6.16. The first-order valence-electron chi connectivity index (χ1n) is 7.39. The molecule has 1 aromatic rings. The van der Waals surface area contributed by atoms with E-state index in [4.69, 9.17) is 26.8 Å². The van der Waals surface area contributed by atoms with Crippen LogP contribution >= 0.6 is 11.6 Å².